The van der Waals surface area contributed by atoms with Gasteiger partial charge in [-0.3, -0.25) is 0 Å². The fraction of sp³-hybridized carbons (Fsp3) is 1.00. The van der Waals surface area contributed by atoms with E-state index in [1.807, 2.05) is 27.7 Å². The molecule has 0 N–H and O–H groups in total. The van der Waals surface area contributed by atoms with Gasteiger partial charge in [0, 0.05) is 6.42 Å². The summed E-state index contributed by atoms with van der Waals surface area (Å²) < 4.78 is 0. The van der Waals surface area contributed by atoms with Crippen molar-refractivity contribution >= 4 is 0 Å². The Balaban J connectivity index is 4.67. The van der Waals surface area contributed by atoms with Gasteiger partial charge in [0.15, 0.2) is 0 Å². The van der Waals surface area contributed by atoms with Crippen molar-refractivity contribution in [1.82, 2.24) is 0 Å². The number of hydrogen-bond donors (Lipinski definition) is 0. The van der Waals surface area contributed by atoms with Gasteiger partial charge in [-0.2, -0.15) is 10.2 Å². The largest absolute Gasteiger partial charge is 0.228 e. The second-order valence-electron chi connectivity index (χ2n) is 7.51. The molecule has 4 heteroatoms. The molecule has 0 saturated heterocycles. The molecule has 0 rings (SSSR count). The summed E-state index contributed by atoms with van der Waals surface area (Å²) in [6.45, 7) is 17.2. The first-order chi connectivity index (χ1) is 8.47. The van der Waals surface area contributed by atoms with Crippen molar-refractivity contribution in [2.24, 2.45) is 15.6 Å². The highest BCUT2D eigenvalue weighted by atomic mass is 17.2. The summed E-state index contributed by atoms with van der Waals surface area (Å²) in [6.07, 6.45) is 2.93. The van der Waals surface area contributed by atoms with Crippen molar-refractivity contribution in [2.75, 3.05) is 6.54 Å². The molecule has 1 unspecified atom stereocenters. The quantitative estimate of drug-likeness (QED) is 0.279. The Bertz CT molecular complexity index is 277. The maximum atomic E-state index is 5.59. The molecule has 0 aromatic heterocycles. The Morgan fingerprint density at radius 3 is 1.89 bits per heavy atom. The molecule has 19 heavy (non-hydrogen) atoms. The summed E-state index contributed by atoms with van der Waals surface area (Å²) in [4.78, 5) is 11.0. The van der Waals surface area contributed by atoms with E-state index in [1.54, 1.807) is 0 Å². The molecule has 0 radical (unpaired) electrons. The smallest absolute Gasteiger partial charge is 0.210 e. The van der Waals surface area contributed by atoms with Gasteiger partial charge in [0.25, 0.3) is 0 Å². The van der Waals surface area contributed by atoms with Gasteiger partial charge in [0.05, 0.1) is 12.1 Å². The van der Waals surface area contributed by atoms with Crippen LogP contribution in [0.5, 0.6) is 0 Å². The number of hydrogen-bond acceptors (Lipinski definition) is 4. The third-order valence-electron chi connectivity index (χ3n) is 2.22. The predicted octanol–water partition coefficient (Wildman–Crippen LogP) is 5.14. The van der Waals surface area contributed by atoms with Crippen LogP contribution in [0.4, 0.5) is 0 Å². The molecule has 0 spiro atoms. The van der Waals surface area contributed by atoms with Crippen molar-refractivity contribution < 1.29 is 9.78 Å². The van der Waals surface area contributed by atoms with Gasteiger partial charge in [-0.1, -0.05) is 34.1 Å². The predicted molar refractivity (Wildman–Crippen MR) is 79.0 cm³/mol. The van der Waals surface area contributed by atoms with Crippen LogP contribution in [0.25, 0.3) is 0 Å². The van der Waals surface area contributed by atoms with Gasteiger partial charge in [0.2, 0.25) is 5.72 Å². The zero-order valence-electron chi connectivity index (χ0n) is 14.0. The summed E-state index contributed by atoms with van der Waals surface area (Å²) in [7, 11) is 0. The Hall–Kier alpha value is -0.480. The number of unbranched alkanes of at least 4 members (excludes halogenated alkanes) is 1. The minimum absolute atomic E-state index is 0.0970. The van der Waals surface area contributed by atoms with Crippen molar-refractivity contribution in [3.8, 4) is 0 Å². The van der Waals surface area contributed by atoms with Crippen LogP contribution in [0, 0.1) is 5.41 Å². The lowest BCUT2D eigenvalue weighted by molar-refractivity contribution is -0.404. The second kappa shape index (κ2) is 7.34. The number of azo groups is 1. The molecule has 0 aliphatic rings. The van der Waals surface area contributed by atoms with Crippen LogP contribution in [-0.4, -0.2) is 17.9 Å². The zero-order chi connectivity index (χ0) is 15.2. The molecular weight excluding hydrogens is 240 g/mol. The number of rotatable bonds is 7. The molecule has 0 aliphatic heterocycles. The minimum atomic E-state index is -0.723. The molecule has 1 atom stereocenters. The van der Waals surface area contributed by atoms with Gasteiger partial charge in [-0.25, -0.2) is 9.78 Å². The monoisotopic (exact) mass is 272 g/mol. The van der Waals surface area contributed by atoms with E-state index in [1.165, 1.54) is 0 Å². The average Bonchev–Trinajstić information content (AvgIpc) is 2.19. The van der Waals surface area contributed by atoms with E-state index >= 15 is 0 Å². The maximum absolute atomic E-state index is 5.59. The van der Waals surface area contributed by atoms with Crippen molar-refractivity contribution in [3.63, 3.8) is 0 Å². The summed E-state index contributed by atoms with van der Waals surface area (Å²) >= 11 is 0. The molecule has 0 fully saturated rings. The first kappa shape index (κ1) is 18.5. The molecule has 0 amide bonds. The highest BCUT2D eigenvalue weighted by molar-refractivity contribution is 4.77. The van der Waals surface area contributed by atoms with Crippen LogP contribution in [0.1, 0.15) is 74.7 Å². The first-order valence-electron chi connectivity index (χ1n) is 7.23. The van der Waals surface area contributed by atoms with Gasteiger partial charge >= 0.3 is 0 Å². The Kier molecular flexibility index (Phi) is 7.16. The average molecular weight is 272 g/mol. The fourth-order valence-corrected chi connectivity index (χ4v) is 1.71. The Morgan fingerprint density at radius 1 is 0.895 bits per heavy atom. The Morgan fingerprint density at radius 2 is 1.47 bits per heavy atom. The van der Waals surface area contributed by atoms with E-state index < -0.39 is 5.72 Å². The van der Waals surface area contributed by atoms with Crippen molar-refractivity contribution in [3.05, 3.63) is 0 Å². The van der Waals surface area contributed by atoms with Crippen LogP contribution >= 0.6 is 0 Å². The normalized spacial score (nSPS) is 16.8. The van der Waals surface area contributed by atoms with Gasteiger partial charge in [0.1, 0.15) is 0 Å². The number of nitrogens with zero attached hydrogens (tertiary/aromatic N) is 2. The Labute approximate surface area is 118 Å². The summed E-state index contributed by atoms with van der Waals surface area (Å²) in [5.74, 6) is 0. The van der Waals surface area contributed by atoms with Crippen LogP contribution in [0.15, 0.2) is 10.2 Å². The fourth-order valence-electron chi connectivity index (χ4n) is 1.71. The molecule has 0 aliphatic carbocycles. The second-order valence-corrected chi connectivity index (χ2v) is 7.51. The lowest BCUT2D eigenvalue weighted by Crippen LogP contribution is -2.35. The van der Waals surface area contributed by atoms with E-state index in [0.717, 1.165) is 25.8 Å². The summed E-state index contributed by atoms with van der Waals surface area (Å²) in [5.41, 5.74) is -0.975. The van der Waals surface area contributed by atoms with E-state index in [2.05, 4.69) is 37.9 Å². The van der Waals surface area contributed by atoms with Crippen molar-refractivity contribution in [1.29, 1.82) is 0 Å². The molecular formula is C15H32N2O2. The molecule has 0 saturated carbocycles. The maximum Gasteiger partial charge on any atom is 0.210 e. The van der Waals surface area contributed by atoms with Crippen LogP contribution < -0.4 is 0 Å². The standard InChI is InChI=1S/C15H32N2O2/c1-9-10-11-16-17-15(8,12-13(2,3)4)19-18-14(5,6)7/h9-12H2,1-8H3/b17-16+. The third-order valence-corrected chi connectivity index (χ3v) is 2.22. The zero-order valence-corrected chi connectivity index (χ0v) is 14.0. The molecule has 0 aromatic rings. The lowest BCUT2D eigenvalue weighted by atomic mass is 9.87. The highest BCUT2D eigenvalue weighted by Crippen LogP contribution is 2.32. The van der Waals surface area contributed by atoms with E-state index in [4.69, 9.17) is 9.78 Å². The minimum Gasteiger partial charge on any atom is -0.228 e. The van der Waals surface area contributed by atoms with E-state index in [0.29, 0.717) is 0 Å². The first-order valence-corrected chi connectivity index (χ1v) is 7.23. The summed E-state index contributed by atoms with van der Waals surface area (Å²) in [5, 5.41) is 8.60. The SMILES string of the molecule is CCCC/N=N/C(C)(CC(C)(C)C)OOC(C)(C)C. The van der Waals surface area contributed by atoms with Gasteiger partial charge in [-0.05, 0) is 39.5 Å². The van der Waals surface area contributed by atoms with Crippen LogP contribution in [-0.2, 0) is 9.78 Å². The van der Waals surface area contributed by atoms with Crippen LogP contribution in [0.2, 0.25) is 0 Å². The van der Waals surface area contributed by atoms with Crippen LogP contribution in [0.3, 0.4) is 0 Å². The molecule has 114 valence electrons. The topological polar surface area (TPSA) is 43.2 Å². The van der Waals surface area contributed by atoms with Crippen molar-refractivity contribution in [2.45, 2.75) is 86.0 Å². The van der Waals surface area contributed by atoms with E-state index in [-0.39, 0.29) is 11.0 Å². The highest BCUT2D eigenvalue weighted by Gasteiger charge is 2.34. The van der Waals surface area contributed by atoms with Gasteiger partial charge < -0.3 is 0 Å². The molecule has 0 heterocycles. The molecule has 4 nitrogen and oxygen atoms in total. The van der Waals surface area contributed by atoms with E-state index in [9.17, 15) is 0 Å². The van der Waals surface area contributed by atoms with Gasteiger partial charge in [-0.15, -0.1) is 0 Å². The lowest BCUT2D eigenvalue weighted by Gasteiger charge is -2.32. The third kappa shape index (κ3) is 11.1. The molecule has 0 aromatic carbocycles. The summed E-state index contributed by atoms with van der Waals surface area (Å²) in [6, 6.07) is 0. The molecule has 0 bridgehead atoms.